The zero-order valence-electron chi connectivity index (χ0n) is 12.3. The molecule has 2 rings (SSSR count). The molecule has 0 saturated carbocycles. The van der Waals surface area contributed by atoms with Crippen LogP contribution in [-0.4, -0.2) is 20.2 Å². The van der Waals surface area contributed by atoms with E-state index in [1.54, 1.807) is 19.1 Å². The summed E-state index contributed by atoms with van der Waals surface area (Å²) in [7, 11) is -4.10. The molecule has 0 aromatic heterocycles. The van der Waals surface area contributed by atoms with Gasteiger partial charge in [-0.15, -0.1) is 0 Å². The lowest BCUT2D eigenvalue weighted by atomic mass is 10.2. The minimum atomic E-state index is -4.10. The van der Waals surface area contributed by atoms with Crippen LogP contribution in [0.5, 0.6) is 0 Å². The predicted molar refractivity (Wildman–Crippen MR) is 98.0 cm³/mol. The number of hydrogen-bond donors (Lipinski definition) is 0. The highest BCUT2D eigenvalue weighted by Gasteiger charge is 2.28. The summed E-state index contributed by atoms with van der Waals surface area (Å²) in [4.78, 5) is 11.3. The van der Waals surface area contributed by atoms with Crippen LogP contribution < -0.4 is 4.31 Å². The summed E-state index contributed by atoms with van der Waals surface area (Å²) in [6.45, 7) is 1.10. The number of rotatable bonds is 5. The Balaban J connectivity index is 2.64. The molecule has 4 nitrogen and oxygen atoms in total. The van der Waals surface area contributed by atoms with Crippen LogP contribution in [0, 0.1) is 6.92 Å². The van der Waals surface area contributed by atoms with E-state index in [2.05, 4.69) is 0 Å². The van der Waals surface area contributed by atoms with Gasteiger partial charge in [0.15, 0.2) is 0 Å². The van der Waals surface area contributed by atoms with E-state index in [4.69, 9.17) is 46.4 Å². The van der Waals surface area contributed by atoms with Crippen LogP contribution in [0.4, 0.5) is 5.69 Å². The molecule has 128 valence electrons. The van der Waals surface area contributed by atoms with Crippen LogP contribution in [0.3, 0.4) is 0 Å². The zero-order valence-corrected chi connectivity index (χ0v) is 16.1. The molecule has 9 heteroatoms. The Morgan fingerprint density at radius 2 is 1.71 bits per heavy atom. The molecule has 0 aliphatic heterocycles. The quantitative estimate of drug-likeness (QED) is 0.637. The average Bonchev–Trinajstić information content (AvgIpc) is 2.50. The molecule has 0 bridgehead atoms. The monoisotopic (exact) mass is 425 g/mol. The van der Waals surface area contributed by atoms with Crippen molar-refractivity contribution in [3.05, 3.63) is 57.0 Å². The molecule has 0 heterocycles. The molecule has 0 amide bonds. The van der Waals surface area contributed by atoms with E-state index in [-0.39, 0.29) is 20.6 Å². The first-order valence-electron chi connectivity index (χ1n) is 6.56. The van der Waals surface area contributed by atoms with E-state index in [9.17, 15) is 13.2 Å². The van der Waals surface area contributed by atoms with Crippen molar-refractivity contribution in [2.24, 2.45) is 0 Å². The Hall–Kier alpha value is -0.980. The fourth-order valence-corrected chi connectivity index (χ4v) is 4.27. The van der Waals surface area contributed by atoms with E-state index in [1.165, 1.54) is 24.3 Å². The Kier molecular flexibility index (Phi) is 6.04. The lowest BCUT2D eigenvalue weighted by Crippen LogP contribution is -2.35. The van der Waals surface area contributed by atoms with Crippen molar-refractivity contribution in [1.82, 2.24) is 0 Å². The Labute approximate surface area is 159 Å². The Morgan fingerprint density at radius 3 is 2.29 bits per heavy atom. The number of anilines is 1. The van der Waals surface area contributed by atoms with Crippen molar-refractivity contribution < 1.29 is 13.2 Å². The van der Waals surface area contributed by atoms with Gasteiger partial charge in [0.05, 0.1) is 20.6 Å². The van der Waals surface area contributed by atoms with Gasteiger partial charge < -0.3 is 0 Å². The number of hydrogen-bond acceptors (Lipinski definition) is 3. The molecular weight excluding hydrogens is 416 g/mol. The van der Waals surface area contributed by atoms with Gasteiger partial charge in [-0.1, -0.05) is 40.9 Å². The third-order valence-electron chi connectivity index (χ3n) is 3.25. The summed E-state index contributed by atoms with van der Waals surface area (Å²) in [5, 5.41) is -0.172. The molecule has 0 spiro atoms. The smallest absolute Gasteiger partial charge is 0.264 e. The van der Waals surface area contributed by atoms with Crippen molar-refractivity contribution in [2.45, 2.75) is 11.8 Å². The fourth-order valence-electron chi connectivity index (χ4n) is 2.04. The van der Waals surface area contributed by atoms with Gasteiger partial charge in [0, 0.05) is 5.02 Å². The van der Waals surface area contributed by atoms with E-state index < -0.39 is 21.8 Å². The molecule has 0 aliphatic carbocycles. The standard InChI is InChI=1S/C15H11Cl4NO3S/c1-9-11(16)3-2-4-14(9)20(8-15(19)21)24(22,23)10-5-6-12(17)13(18)7-10/h2-7H,8H2,1H3. The van der Waals surface area contributed by atoms with Crippen LogP contribution >= 0.6 is 46.4 Å². The first kappa shape index (κ1) is 19.3. The third kappa shape index (κ3) is 3.98. The first-order chi connectivity index (χ1) is 11.1. The number of carbonyl (C=O) groups is 1. The summed E-state index contributed by atoms with van der Waals surface area (Å²) in [5.74, 6) is 0. The van der Waals surface area contributed by atoms with Crippen molar-refractivity contribution in [2.75, 3.05) is 10.8 Å². The summed E-state index contributed by atoms with van der Waals surface area (Å²) in [6, 6.07) is 8.62. The van der Waals surface area contributed by atoms with E-state index in [1.807, 2.05) is 0 Å². The molecule has 0 fully saturated rings. The van der Waals surface area contributed by atoms with E-state index in [0.717, 1.165) is 4.31 Å². The second-order valence-electron chi connectivity index (χ2n) is 4.83. The Morgan fingerprint density at radius 1 is 1.04 bits per heavy atom. The molecule has 0 aliphatic rings. The molecule has 0 saturated heterocycles. The van der Waals surface area contributed by atoms with Gasteiger partial charge in [-0.25, -0.2) is 8.42 Å². The van der Waals surface area contributed by atoms with Crippen LogP contribution in [0.1, 0.15) is 5.56 Å². The van der Waals surface area contributed by atoms with Gasteiger partial charge >= 0.3 is 0 Å². The first-order valence-corrected chi connectivity index (χ1v) is 9.51. The van der Waals surface area contributed by atoms with Gasteiger partial charge in [-0.3, -0.25) is 9.10 Å². The SMILES string of the molecule is Cc1c(Cl)cccc1N(CC(=O)Cl)S(=O)(=O)c1ccc(Cl)c(Cl)c1. The summed E-state index contributed by atoms with van der Waals surface area (Å²) < 4.78 is 26.8. The van der Waals surface area contributed by atoms with Crippen LogP contribution in [0.15, 0.2) is 41.3 Å². The molecule has 0 radical (unpaired) electrons. The van der Waals surface area contributed by atoms with Gasteiger partial charge in [0.1, 0.15) is 6.54 Å². The summed E-state index contributed by atoms with van der Waals surface area (Å²) >= 11 is 23.2. The van der Waals surface area contributed by atoms with E-state index >= 15 is 0 Å². The number of sulfonamides is 1. The van der Waals surface area contributed by atoms with Gasteiger partial charge in [-0.2, -0.15) is 0 Å². The third-order valence-corrected chi connectivity index (χ3v) is 6.28. The zero-order chi connectivity index (χ0) is 18.1. The van der Waals surface area contributed by atoms with E-state index in [0.29, 0.717) is 10.6 Å². The second kappa shape index (κ2) is 7.50. The molecule has 2 aromatic carbocycles. The number of nitrogens with zero attached hydrogens (tertiary/aromatic N) is 1. The van der Waals surface area contributed by atoms with Crippen molar-refractivity contribution in [3.8, 4) is 0 Å². The topological polar surface area (TPSA) is 54.5 Å². The highest BCUT2D eigenvalue weighted by molar-refractivity contribution is 7.92. The largest absolute Gasteiger partial charge is 0.279 e. The van der Waals surface area contributed by atoms with Crippen molar-refractivity contribution >= 4 is 67.4 Å². The lowest BCUT2D eigenvalue weighted by molar-refractivity contribution is -0.110. The normalized spacial score (nSPS) is 11.4. The molecule has 0 unspecified atom stereocenters. The van der Waals surface area contributed by atoms with Crippen molar-refractivity contribution in [1.29, 1.82) is 0 Å². The van der Waals surface area contributed by atoms with Gasteiger partial charge in [-0.05, 0) is 54.4 Å². The molecule has 24 heavy (non-hydrogen) atoms. The van der Waals surface area contributed by atoms with Gasteiger partial charge in [0.25, 0.3) is 10.0 Å². The maximum absolute atomic E-state index is 13.0. The Bertz CT molecular complexity index is 900. The highest BCUT2D eigenvalue weighted by atomic mass is 35.5. The minimum absolute atomic E-state index is 0.0812. The average molecular weight is 427 g/mol. The summed E-state index contributed by atoms with van der Waals surface area (Å²) in [6.07, 6.45) is 0. The fraction of sp³-hybridized carbons (Fsp3) is 0.133. The molecule has 0 atom stereocenters. The number of halogens is 4. The maximum Gasteiger partial charge on any atom is 0.264 e. The van der Waals surface area contributed by atoms with Gasteiger partial charge in [0.2, 0.25) is 5.24 Å². The van der Waals surface area contributed by atoms with Crippen molar-refractivity contribution in [3.63, 3.8) is 0 Å². The lowest BCUT2D eigenvalue weighted by Gasteiger charge is -2.25. The predicted octanol–water partition coefficient (Wildman–Crippen LogP) is 4.92. The van der Waals surface area contributed by atoms with Crippen LogP contribution in [0.25, 0.3) is 0 Å². The number of carbonyl (C=O) groups excluding carboxylic acids is 1. The maximum atomic E-state index is 13.0. The molecule has 0 N–H and O–H groups in total. The second-order valence-corrected chi connectivity index (χ2v) is 8.33. The molecular formula is C15H11Cl4NO3S. The summed E-state index contributed by atoms with van der Waals surface area (Å²) in [5.41, 5.74) is 0.753. The molecule has 2 aromatic rings. The van der Waals surface area contributed by atoms with Crippen LogP contribution in [-0.2, 0) is 14.8 Å². The van der Waals surface area contributed by atoms with Crippen LogP contribution in [0.2, 0.25) is 15.1 Å². The number of benzene rings is 2. The minimum Gasteiger partial charge on any atom is -0.279 e. The highest BCUT2D eigenvalue weighted by Crippen LogP contribution is 2.32.